The Labute approximate surface area is 310 Å². The number of nitrogens with two attached hydrogens (primary N) is 3. The van der Waals surface area contributed by atoms with Gasteiger partial charge in [0, 0.05) is 34.7 Å². The van der Waals surface area contributed by atoms with Crippen LogP contribution in [0.1, 0.15) is 88.2 Å². The zero-order valence-corrected chi connectivity index (χ0v) is 30.0. The average Bonchev–Trinajstić information content (AvgIpc) is 3.09. The van der Waals surface area contributed by atoms with Gasteiger partial charge in [-0.2, -0.15) is 0 Å². The van der Waals surface area contributed by atoms with Crippen molar-refractivity contribution in [3.8, 4) is 51.7 Å². The van der Waals surface area contributed by atoms with Crippen molar-refractivity contribution in [2.75, 3.05) is 17.2 Å². The number of hydrogen-bond acceptors (Lipinski definition) is 9. The Morgan fingerprint density at radius 1 is 0.453 bits per heavy atom. The highest BCUT2D eigenvalue weighted by molar-refractivity contribution is 5.68. The molecular weight excluding hydrogens is 666 g/mol. The summed E-state index contributed by atoms with van der Waals surface area (Å²) >= 11 is 0. The fraction of sp³-hybridized carbons (Fsp3) is 0.455. The fourth-order valence-corrected chi connectivity index (χ4v) is 12.8. The monoisotopic (exact) mass is 715 g/mol. The summed E-state index contributed by atoms with van der Waals surface area (Å²) in [5, 5.41) is 31.1. The Balaban J connectivity index is 1.26. The number of ether oxygens (including phenoxy) is 3. The molecule has 8 bridgehead atoms. The highest BCUT2D eigenvalue weighted by atomic mass is 16.5. The third kappa shape index (κ3) is 5.48. The number of phenolic OH excluding ortho intramolecular Hbond substituents is 3. The Hall–Kier alpha value is -4.92. The van der Waals surface area contributed by atoms with Gasteiger partial charge in [0.2, 0.25) is 0 Å². The highest BCUT2D eigenvalue weighted by Crippen LogP contribution is 2.69. The van der Waals surface area contributed by atoms with Crippen molar-refractivity contribution in [1.82, 2.24) is 0 Å². The van der Waals surface area contributed by atoms with Crippen LogP contribution < -0.4 is 31.4 Å². The maximum Gasteiger partial charge on any atom is 0.177 e. The number of hydrogen-bond donors (Lipinski definition) is 6. The van der Waals surface area contributed by atoms with Crippen LogP contribution in [0.2, 0.25) is 0 Å². The topological polar surface area (TPSA) is 166 Å². The smallest absolute Gasteiger partial charge is 0.177 e. The first kappa shape index (κ1) is 32.7. The van der Waals surface area contributed by atoms with Crippen LogP contribution in [0.4, 0.5) is 17.1 Å². The first-order valence-electron chi connectivity index (χ1n) is 19.5. The molecule has 4 aromatic carbocycles. The molecule has 0 atom stereocenters. The Morgan fingerprint density at radius 3 is 1.21 bits per heavy atom. The van der Waals surface area contributed by atoms with E-state index < -0.39 is 0 Å². The van der Waals surface area contributed by atoms with Crippen LogP contribution in [0.3, 0.4) is 0 Å². The van der Waals surface area contributed by atoms with Crippen LogP contribution in [-0.2, 0) is 10.8 Å². The first-order chi connectivity index (χ1) is 25.5. The second kappa shape index (κ2) is 11.8. The van der Waals surface area contributed by atoms with Gasteiger partial charge in [-0.05, 0) is 160 Å². The standard InChI is InChI=1S/C44H49N3O6/c45-33-13-29(1-4-36(33)48)51-39-16-32(43-17-23-7-24(18-43)9-25(8-23)19-43)41(52-30-2-5-37(49)34(46)14-30)40(42(39)53-31-3-6-38(50)35(47)15-31)44-20-26-10-27(21-44)12-28(11-26)22-44/h1-6,13-16,23-28,48-50H,7-12,17-22,45-47H2. The molecule has 8 fully saturated rings. The molecule has 0 heterocycles. The molecule has 0 radical (unpaired) electrons. The molecule has 8 aliphatic rings. The first-order valence-corrected chi connectivity index (χ1v) is 19.5. The van der Waals surface area contributed by atoms with Crippen LogP contribution in [0.25, 0.3) is 0 Å². The molecule has 0 spiro atoms. The Morgan fingerprint density at radius 2 is 0.811 bits per heavy atom. The number of benzene rings is 4. The largest absolute Gasteiger partial charge is 0.506 e. The molecule has 9 nitrogen and oxygen atoms in total. The molecular formula is C44H49N3O6. The Kier molecular flexibility index (Phi) is 7.28. The van der Waals surface area contributed by atoms with Crippen molar-refractivity contribution in [3.05, 3.63) is 71.8 Å². The van der Waals surface area contributed by atoms with Gasteiger partial charge in [0.05, 0.1) is 17.1 Å². The van der Waals surface area contributed by atoms with Gasteiger partial charge in [-0.1, -0.05) is 0 Å². The van der Waals surface area contributed by atoms with Crippen molar-refractivity contribution < 1.29 is 29.5 Å². The minimum Gasteiger partial charge on any atom is -0.506 e. The van der Waals surface area contributed by atoms with Gasteiger partial charge in [0.1, 0.15) is 40.2 Å². The van der Waals surface area contributed by atoms with E-state index in [1.165, 1.54) is 38.5 Å². The summed E-state index contributed by atoms with van der Waals surface area (Å²) < 4.78 is 21.2. The van der Waals surface area contributed by atoms with Crippen molar-refractivity contribution in [3.63, 3.8) is 0 Å². The predicted molar refractivity (Wildman–Crippen MR) is 204 cm³/mol. The van der Waals surface area contributed by atoms with Gasteiger partial charge in [-0.25, -0.2) is 0 Å². The Bertz CT molecular complexity index is 2060. The number of phenols is 3. The van der Waals surface area contributed by atoms with Crippen molar-refractivity contribution in [2.45, 2.75) is 87.9 Å². The van der Waals surface area contributed by atoms with Crippen LogP contribution in [0.5, 0.6) is 51.7 Å². The van der Waals surface area contributed by atoms with Gasteiger partial charge in [0.15, 0.2) is 11.5 Å². The molecule has 0 amide bonds. The van der Waals surface area contributed by atoms with Gasteiger partial charge in [0.25, 0.3) is 0 Å². The summed E-state index contributed by atoms with van der Waals surface area (Å²) in [5.74, 6) is 7.41. The lowest BCUT2D eigenvalue weighted by Crippen LogP contribution is -2.50. The molecule has 4 aromatic rings. The van der Waals surface area contributed by atoms with Crippen molar-refractivity contribution in [1.29, 1.82) is 0 Å². The van der Waals surface area contributed by atoms with E-state index in [0.29, 0.717) is 64.3 Å². The molecule has 0 unspecified atom stereocenters. The predicted octanol–water partition coefficient (Wildman–Crippen LogP) is 9.86. The molecule has 9 heteroatoms. The van der Waals surface area contributed by atoms with Gasteiger partial charge < -0.3 is 46.7 Å². The van der Waals surface area contributed by atoms with Crippen LogP contribution >= 0.6 is 0 Å². The fourth-order valence-electron chi connectivity index (χ4n) is 12.8. The lowest BCUT2D eigenvalue weighted by Gasteiger charge is -2.59. The molecule has 12 rings (SSSR count). The third-order valence-corrected chi connectivity index (χ3v) is 14.0. The number of anilines is 3. The molecule has 8 saturated carbocycles. The summed E-state index contributed by atoms with van der Waals surface area (Å²) in [5.41, 5.74) is 21.3. The maximum atomic E-state index is 10.4. The summed E-state index contributed by atoms with van der Waals surface area (Å²) in [6.07, 6.45) is 14.1. The maximum absolute atomic E-state index is 10.4. The van der Waals surface area contributed by atoms with E-state index in [1.54, 1.807) is 54.6 Å². The van der Waals surface area contributed by atoms with Gasteiger partial charge in [-0.3, -0.25) is 0 Å². The van der Waals surface area contributed by atoms with E-state index in [1.807, 2.05) is 0 Å². The molecule has 53 heavy (non-hydrogen) atoms. The molecule has 0 aliphatic heterocycles. The SMILES string of the molecule is Nc1cc(Oc2cc(C34CC5CC(CC(C5)C3)C4)c(Oc3ccc(O)c(N)c3)c(C34CC5CC(CC(C5)C3)C4)c2Oc2ccc(O)c(N)c2)ccc1O. The molecule has 0 saturated heterocycles. The quantitative estimate of drug-likeness (QED) is 0.0769. The second-order valence-corrected chi connectivity index (χ2v) is 17.8. The number of aromatic hydroxyl groups is 3. The minimum absolute atomic E-state index is 0.00572. The zero-order valence-electron chi connectivity index (χ0n) is 30.0. The van der Waals surface area contributed by atoms with Crippen molar-refractivity contribution in [2.24, 2.45) is 35.5 Å². The third-order valence-electron chi connectivity index (χ3n) is 14.0. The number of nitrogen functional groups attached to an aromatic ring is 3. The summed E-state index contributed by atoms with van der Waals surface area (Å²) in [4.78, 5) is 0. The van der Waals surface area contributed by atoms with Crippen LogP contribution in [0, 0.1) is 35.5 Å². The normalized spacial score (nSPS) is 31.8. The lowest BCUT2D eigenvalue weighted by atomic mass is 9.46. The van der Waals surface area contributed by atoms with E-state index in [4.69, 9.17) is 31.4 Å². The van der Waals surface area contributed by atoms with Crippen LogP contribution in [0.15, 0.2) is 60.7 Å². The van der Waals surface area contributed by atoms with E-state index in [0.717, 1.165) is 55.4 Å². The average molecular weight is 716 g/mol. The van der Waals surface area contributed by atoms with E-state index in [2.05, 4.69) is 6.07 Å². The van der Waals surface area contributed by atoms with Gasteiger partial charge >= 0.3 is 0 Å². The zero-order chi connectivity index (χ0) is 36.2. The van der Waals surface area contributed by atoms with E-state index in [9.17, 15) is 15.3 Å². The van der Waals surface area contributed by atoms with E-state index in [-0.39, 0.29) is 45.1 Å². The van der Waals surface area contributed by atoms with Gasteiger partial charge in [-0.15, -0.1) is 0 Å². The van der Waals surface area contributed by atoms with E-state index >= 15 is 0 Å². The number of rotatable bonds is 8. The van der Waals surface area contributed by atoms with Crippen LogP contribution in [-0.4, -0.2) is 15.3 Å². The van der Waals surface area contributed by atoms with Crippen molar-refractivity contribution >= 4 is 17.1 Å². The highest BCUT2D eigenvalue weighted by Gasteiger charge is 2.57. The molecule has 9 N–H and O–H groups in total. The molecule has 276 valence electrons. The summed E-state index contributed by atoms with van der Waals surface area (Å²) in [6.45, 7) is 0. The summed E-state index contributed by atoms with van der Waals surface area (Å²) in [7, 11) is 0. The second-order valence-electron chi connectivity index (χ2n) is 17.8. The minimum atomic E-state index is -0.227. The lowest BCUT2D eigenvalue weighted by molar-refractivity contribution is -0.0107. The molecule has 8 aliphatic carbocycles. The summed E-state index contributed by atoms with van der Waals surface area (Å²) in [6, 6.07) is 17.1. The molecule has 0 aromatic heterocycles.